The van der Waals surface area contributed by atoms with E-state index in [9.17, 15) is 14.7 Å². The lowest BCUT2D eigenvalue weighted by atomic mass is 9.76. The molecule has 0 radical (unpaired) electrons. The molecule has 1 amide bonds. The Kier molecular flexibility index (Phi) is 9.08. The van der Waals surface area contributed by atoms with Crippen molar-refractivity contribution in [3.63, 3.8) is 0 Å². The number of hydrogen-bond acceptors (Lipinski definition) is 5. The molecule has 2 aliphatic heterocycles. The number of carbonyl (C=O) groups excluding carboxylic acids is 1. The van der Waals surface area contributed by atoms with Crippen molar-refractivity contribution >= 4 is 17.6 Å². The summed E-state index contributed by atoms with van der Waals surface area (Å²) in [7, 11) is 0. The van der Waals surface area contributed by atoms with Crippen molar-refractivity contribution in [1.29, 1.82) is 0 Å². The molecule has 1 aromatic heterocycles. The lowest BCUT2D eigenvalue weighted by Gasteiger charge is -2.35. The number of likely N-dealkylation sites (tertiary alicyclic amines) is 1. The first-order valence-corrected chi connectivity index (χ1v) is 14.2. The number of unbranched alkanes of at least 4 members (excludes halogenated alkanes) is 1. The van der Waals surface area contributed by atoms with Gasteiger partial charge in [0.05, 0.1) is 31.0 Å². The van der Waals surface area contributed by atoms with E-state index in [1.165, 1.54) is 0 Å². The molecular formula is C31H43N3O4. The predicted octanol–water partition coefficient (Wildman–Crippen LogP) is 5.53. The summed E-state index contributed by atoms with van der Waals surface area (Å²) in [5, 5.41) is 10.5. The number of hydrogen-bond donors (Lipinski definition) is 1. The summed E-state index contributed by atoms with van der Waals surface area (Å²) in [6, 6.07) is 9.67. The van der Waals surface area contributed by atoms with E-state index in [4.69, 9.17) is 4.74 Å². The van der Waals surface area contributed by atoms with Gasteiger partial charge in [0.15, 0.2) is 0 Å². The van der Waals surface area contributed by atoms with Crippen LogP contribution in [0.2, 0.25) is 0 Å². The number of carbonyl (C=O) groups is 2. The number of nitrogens with zero attached hydrogens (tertiary/aromatic N) is 3. The van der Waals surface area contributed by atoms with Crippen LogP contribution in [-0.4, -0.2) is 59.1 Å². The Balaban J connectivity index is 1.65. The van der Waals surface area contributed by atoms with Crippen molar-refractivity contribution in [1.82, 2.24) is 9.88 Å². The highest BCUT2D eigenvalue weighted by atomic mass is 16.5. The van der Waals surface area contributed by atoms with Crippen LogP contribution in [0.25, 0.3) is 0 Å². The number of carboxylic acid groups (broad SMARTS) is 1. The lowest BCUT2D eigenvalue weighted by Crippen LogP contribution is -2.46. The summed E-state index contributed by atoms with van der Waals surface area (Å²) in [5.74, 6) is -0.654. The molecule has 7 nitrogen and oxygen atoms in total. The maximum atomic E-state index is 13.8. The van der Waals surface area contributed by atoms with Gasteiger partial charge in [0.25, 0.3) is 0 Å². The molecule has 7 heteroatoms. The largest absolute Gasteiger partial charge is 0.493 e. The fourth-order valence-electron chi connectivity index (χ4n) is 6.35. The first kappa shape index (κ1) is 28.1. The van der Waals surface area contributed by atoms with Crippen LogP contribution in [0.4, 0.5) is 5.69 Å². The van der Waals surface area contributed by atoms with E-state index in [0.717, 1.165) is 61.1 Å². The molecule has 1 saturated heterocycles. The normalized spacial score (nSPS) is 21.2. The summed E-state index contributed by atoms with van der Waals surface area (Å²) in [6.45, 7) is 10.8. The van der Waals surface area contributed by atoms with Gasteiger partial charge in [0.1, 0.15) is 5.75 Å². The standard InChI is InChI=1S/C31H43N3O4/c1-5-7-15-34(24-9-8-14-32-19-24)28(35)21-33-20-25(22-10-11-27-23(17-22)12-16-38-27)29(30(36)37)26(33)18-31(3,4)13-6-2/h8-11,14,17,19,25-26,29H,5-7,12-13,15-16,18,20-21H2,1-4H3,(H,36,37)/t25-,26+,29-/m1/s1. The molecular weight excluding hydrogens is 478 g/mol. The van der Waals surface area contributed by atoms with Gasteiger partial charge in [-0.15, -0.1) is 0 Å². The number of fused-ring (bicyclic) bond motifs is 1. The highest BCUT2D eigenvalue weighted by Gasteiger charge is 2.48. The van der Waals surface area contributed by atoms with Crippen LogP contribution in [0, 0.1) is 11.3 Å². The minimum atomic E-state index is -0.783. The van der Waals surface area contributed by atoms with Gasteiger partial charge in [-0.25, -0.2) is 0 Å². The SMILES string of the molecule is CCCCN(C(=O)CN1C[C@H](c2ccc3c(c2)CCO3)[C@@H](C(=O)O)[C@@H]1CC(C)(C)CCC)c1cccnc1. The molecule has 1 fully saturated rings. The van der Waals surface area contributed by atoms with Gasteiger partial charge in [-0.05, 0) is 54.0 Å². The Bertz CT molecular complexity index is 1100. The van der Waals surface area contributed by atoms with E-state index in [-0.39, 0.29) is 29.8 Å². The highest BCUT2D eigenvalue weighted by molar-refractivity contribution is 5.94. The maximum absolute atomic E-state index is 13.8. The molecule has 1 aromatic carbocycles. The molecule has 0 unspecified atom stereocenters. The zero-order chi connectivity index (χ0) is 27.3. The molecule has 38 heavy (non-hydrogen) atoms. The van der Waals surface area contributed by atoms with Gasteiger partial charge in [-0.3, -0.25) is 19.5 Å². The van der Waals surface area contributed by atoms with Gasteiger partial charge in [-0.1, -0.05) is 52.7 Å². The van der Waals surface area contributed by atoms with E-state index in [0.29, 0.717) is 19.7 Å². The third-order valence-corrected chi connectivity index (χ3v) is 8.20. The van der Waals surface area contributed by atoms with Gasteiger partial charge >= 0.3 is 5.97 Å². The summed E-state index contributed by atoms with van der Waals surface area (Å²) in [5.41, 5.74) is 2.94. The number of aromatic nitrogens is 1. The van der Waals surface area contributed by atoms with Crippen molar-refractivity contribution in [2.24, 2.45) is 11.3 Å². The second kappa shape index (κ2) is 12.3. The number of aliphatic carboxylic acids is 1. The van der Waals surface area contributed by atoms with Crippen molar-refractivity contribution in [3.8, 4) is 5.75 Å². The number of ether oxygens (including phenoxy) is 1. The number of benzene rings is 1. The van der Waals surface area contributed by atoms with Gasteiger partial charge < -0.3 is 14.7 Å². The third-order valence-electron chi connectivity index (χ3n) is 8.20. The fourth-order valence-corrected chi connectivity index (χ4v) is 6.35. The Hall–Kier alpha value is -2.93. The minimum Gasteiger partial charge on any atom is -0.493 e. The van der Waals surface area contributed by atoms with E-state index in [1.54, 1.807) is 12.4 Å². The van der Waals surface area contributed by atoms with Crippen LogP contribution in [-0.2, 0) is 16.0 Å². The number of amides is 1. The molecule has 3 heterocycles. The smallest absolute Gasteiger partial charge is 0.308 e. The topological polar surface area (TPSA) is 83.0 Å². The molecule has 0 aliphatic carbocycles. The quantitative estimate of drug-likeness (QED) is 0.395. The number of carboxylic acids is 1. The van der Waals surface area contributed by atoms with E-state index < -0.39 is 11.9 Å². The summed E-state index contributed by atoms with van der Waals surface area (Å²) in [4.78, 5) is 34.9. The van der Waals surface area contributed by atoms with Gasteiger partial charge in [0, 0.05) is 37.7 Å². The van der Waals surface area contributed by atoms with Gasteiger partial charge in [-0.2, -0.15) is 0 Å². The predicted molar refractivity (Wildman–Crippen MR) is 150 cm³/mol. The monoisotopic (exact) mass is 521 g/mol. The fraction of sp³-hybridized carbons (Fsp3) is 0.581. The van der Waals surface area contributed by atoms with Crippen molar-refractivity contribution < 1.29 is 19.4 Å². The highest BCUT2D eigenvalue weighted by Crippen LogP contribution is 2.44. The van der Waals surface area contributed by atoms with Crippen LogP contribution in [0.3, 0.4) is 0 Å². The van der Waals surface area contributed by atoms with Crippen LogP contribution < -0.4 is 9.64 Å². The maximum Gasteiger partial charge on any atom is 0.308 e. The van der Waals surface area contributed by atoms with Crippen molar-refractivity contribution in [2.45, 2.75) is 78.2 Å². The molecule has 0 spiro atoms. The molecule has 2 aromatic rings. The van der Waals surface area contributed by atoms with Crippen LogP contribution in [0.5, 0.6) is 5.75 Å². The Morgan fingerprint density at radius 1 is 1.21 bits per heavy atom. The van der Waals surface area contributed by atoms with Crippen LogP contribution in [0.1, 0.15) is 76.8 Å². The third kappa shape index (κ3) is 6.37. The Morgan fingerprint density at radius 2 is 2.03 bits per heavy atom. The average molecular weight is 522 g/mol. The molecule has 2 aliphatic rings. The molecule has 4 rings (SSSR count). The second-order valence-corrected chi connectivity index (χ2v) is 11.7. The summed E-state index contributed by atoms with van der Waals surface area (Å²) in [6.07, 6.45) is 8.94. The molecule has 0 bridgehead atoms. The van der Waals surface area contributed by atoms with Crippen molar-refractivity contribution in [3.05, 3.63) is 53.9 Å². The number of pyridine rings is 1. The second-order valence-electron chi connectivity index (χ2n) is 11.7. The minimum absolute atomic E-state index is 0.00288. The lowest BCUT2D eigenvalue weighted by molar-refractivity contribution is -0.143. The number of anilines is 1. The van der Waals surface area contributed by atoms with Crippen molar-refractivity contribution in [2.75, 3.05) is 31.1 Å². The zero-order valence-corrected chi connectivity index (χ0v) is 23.4. The molecule has 3 atom stereocenters. The number of rotatable bonds is 12. The Morgan fingerprint density at radius 3 is 2.71 bits per heavy atom. The first-order chi connectivity index (χ1) is 18.2. The van der Waals surface area contributed by atoms with E-state index >= 15 is 0 Å². The molecule has 0 saturated carbocycles. The zero-order valence-electron chi connectivity index (χ0n) is 23.4. The van der Waals surface area contributed by atoms with Crippen LogP contribution >= 0.6 is 0 Å². The summed E-state index contributed by atoms with van der Waals surface area (Å²) >= 11 is 0. The Labute approximate surface area is 227 Å². The summed E-state index contributed by atoms with van der Waals surface area (Å²) < 4.78 is 5.70. The van der Waals surface area contributed by atoms with Gasteiger partial charge in [0.2, 0.25) is 5.91 Å². The molecule has 1 N–H and O–H groups in total. The van der Waals surface area contributed by atoms with E-state index in [1.807, 2.05) is 29.2 Å². The first-order valence-electron chi connectivity index (χ1n) is 14.2. The average Bonchev–Trinajstić information content (AvgIpc) is 3.49. The van der Waals surface area contributed by atoms with Crippen LogP contribution in [0.15, 0.2) is 42.7 Å². The van der Waals surface area contributed by atoms with E-state index in [2.05, 4.69) is 43.6 Å². The molecule has 206 valence electrons.